The Morgan fingerprint density at radius 3 is 2.54 bits per heavy atom. The van der Waals surface area contributed by atoms with Crippen LogP contribution >= 0.6 is 0 Å². The molecule has 3 heterocycles. The SMILES string of the molecule is O=C1[C@H](NCC2CC(c3cnc(C(F)(F)F)nc3)=NC=N2)C12CCC1(CC1)N2. The van der Waals surface area contributed by atoms with Crippen LogP contribution in [0.3, 0.4) is 0 Å². The van der Waals surface area contributed by atoms with E-state index < -0.39 is 17.5 Å². The van der Waals surface area contributed by atoms with Gasteiger partial charge in [0.2, 0.25) is 5.82 Å². The summed E-state index contributed by atoms with van der Waals surface area (Å²) in [6, 6.07) is -0.323. The first kappa shape index (κ1) is 17.9. The smallest absolute Gasteiger partial charge is 0.303 e. The number of nitrogens with one attached hydrogen (secondary N) is 2. The number of halogens is 3. The predicted molar refractivity (Wildman–Crippen MR) is 94.3 cm³/mol. The van der Waals surface area contributed by atoms with Gasteiger partial charge in [0.25, 0.3) is 0 Å². The average Bonchev–Trinajstić information content (AvgIpc) is 3.50. The summed E-state index contributed by atoms with van der Waals surface area (Å²) in [5.41, 5.74) is 0.837. The van der Waals surface area contributed by atoms with E-state index >= 15 is 0 Å². The summed E-state index contributed by atoms with van der Waals surface area (Å²) >= 11 is 0. The first-order valence-corrected chi connectivity index (χ1v) is 9.36. The molecule has 0 amide bonds. The lowest BCUT2D eigenvalue weighted by Gasteiger charge is -2.18. The van der Waals surface area contributed by atoms with E-state index in [-0.39, 0.29) is 23.4 Å². The van der Waals surface area contributed by atoms with Crippen molar-refractivity contribution in [3.05, 3.63) is 23.8 Å². The van der Waals surface area contributed by atoms with E-state index in [2.05, 4.69) is 30.6 Å². The molecule has 2 aliphatic heterocycles. The molecular weight excluding hydrogens is 373 g/mol. The molecule has 7 nitrogen and oxygen atoms in total. The quantitative estimate of drug-likeness (QED) is 0.806. The Kier molecular flexibility index (Phi) is 3.76. The van der Waals surface area contributed by atoms with Gasteiger partial charge in [-0.05, 0) is 25.7 Å². The average molecular weight is 392 g/mol. The molecule has 2 aliphatic carbocycles. The van der Waals surface area contributed by atoms with Crippen LogP contribution in [0.1, 0.15) is 43.5 Å². The van der Waals surface area contributed by atoms with Gasteiger partial charge in [0.15, 0.2) is 5.78 Å². The maximum absolute atomic E-state index is 12.6. The highest BCUT2D eigenvalue weighted by molar-refractivity contribution is 6.12. The monoisotopic (exact) mass is 392 g/mol. The van der Waals surface area contributed by atoms with E-state index in [0.29, 0.717) is 24.2 Å². The minimum atomic E-state index is -4.57. The van der Waals surface area contributed by atoms with Gasteiger partial charge in [-0.3, -0.25) is 15.1 Å². The number of nitrogens with zero attached hydrogens (tertiary/aromatic N) is 4. The summed E-state index contributed by atoms with van der Waals surface area (Å²) < 4.78 is 37.8. The molecular formula is C18H19F3N6O. The Labute approximate surface area is 159 Å². The van der Waals surface area contributed by atoms with Gasteiger partial charge >= 0.3 is 6.18 Å². The van der Waals surface area contributed by atoms with Crippen molar-refractivity contribution >= 4 is 17.8 Å². The van der Waals surface area contributed by atoms with E-state index in [4.69, 9.17) is 0 Å². The van der Waals surface area contributed by atoms with Gasteiger partial charge < -0.3 is 5.32 Å². The number of aliphatic imine (C=N–C) groups is 2. The summed E-state index contributed by atoms with van der Waals surface area (Å²) in [4.78, 5) is 27.6. The number of hydrogen-bond donors (Lipinski definition) is 2. The molecule has 0 aromatic carbocycles. The second kappa shape index (κ2) is 5.90. The number of alkyl halides is 3. The number of carbonyl (C=O) groups excluding carboxylic acids is 1. The highest BCUT2D eigenvalue weighted by Crippen LogP contribution is 2.54. The van der Waals surface area contributed by atoms with Crippen LogP contribution in [-0.2, 0) is 11.0 Å². The number of aromatic nitrogens is 2. The lowest BCUT2D eigenvalue weighted by atomic mass is 10.0. The minimum absolute atomic E-state index is 0.142. The molecule has 1 aromatic heterocycles. The molecule has 2 spiro atoms. The van der Waals surface area contributed by atoms with Crippen LogP contribution in [-0.4, -0.2) is 57.5 Å². The summed E-state index contributed by atoms with van der Waals surface area (Å²) in [7, 11) is 0. The Morgan fingerprint density at radius 2 is 1.89 bits per heavy atom. The molecule has 1 aromatic rings. The van der Waals surface area contributed by atoms with Crippen molar-refractivity contribution in [1.29, 1.82) is 0 Å². The van der Waals surface area contributed by atoms with Crippen LogP contribution in [0.5, 0.6) is 0 Å². The molecule has 3 atom stereocenters. The Bertz CT molecular complexity index is 876. The van der Waals surface area contributed by atoms with Gasteiger partial charge in [-0.1, -0.05) is 0 Å². The highest BCUT2D eigenvalue weighted by atomic mass is 19.4. The zero-order valence-electron chi connectivity index (χ0n) is 15.0. The molecule has 148 valence electrons. The second-order valence-electron chi connectivity index (χ2n) is 8.07. The fourth-order valence-electron chi connectivity index (χ4n) is 4.30. The van der Waals surface area contributed by atoms with E-state index in [1.807, 2.05) is 0 Å². The van der Waals surface area contributed by atoms with Gasteiger partial charge in [0.05, 0.1) is 17.8 Å². The van der Waals surface area contributed by atoms with Crippen LogP contribution in [0, 0.1) is 0 Å². The number of Topliss-reactive ketones (excluding diaryl/α,β-unsaturated/α-hetero) is 1. The second-order valence-corrected chi connectivity index (χ2v) is 8.07. The summed E-state index contributed by atoms with van der Waals surface area (Å²) in [5, 5.41) is 6.86. The maximum Gasteiger partial charge on any atom is 0.451 e. The fourth-order valence-corrected chi connectivity index (χ4v) is 4.30. The Balaban J connectivity index is 1.18. The zero-order chi connectivity index (χ0) is 19.6. The van der Waals surface area contributed by atoms with Gasteiger partial charge in [0, 0.05) is 36.5 Å². The van der Waals surface area contributed by atoms with Crippen molar-refractivity contribution < 1.29 is 18.0 Å². The van der Waals surface area contributed by atoms with Crippen LogP contribution in [0.15, 0.2) is 22.4 Å². The van der Waals surface area contributed by atoms with E-state index in [9.17, 15) is 18.0 Å². The molecule has 28 heavy (non-hydrogen) atoms. The summed E-state index contributed by atoms with van der Waals surface area (Å²) in [5.74, 6) is -0.948. The Hall–Kier alpha value is -2.20. The van der Waals surface area contributed by atoms with E-state index in [1.54, 1.807) is 0 Å². The zero-order valence-corrected chi connectivity index (χ0v) is 15.0. The highest BCUT2D eigenvalue weighted by Gasteiger charge is 2.71. The first-order valence-electron chi connectivity index (χ1n) is 9.36. The normalized spacial score (nSPS) is 32.8. The van der Waals surface area contributed by atoms with Gasteiger partial charge in [-0.2, -0.15) is 13.2 Å². The van der Waals surface area contributed by atoms with Gasteiger partial charge in [-0.25, -0.2) is 15.0 Å². The molecule has 3 fully saturated rings. The van der Waals surface area contributed by atoms with Crippen molar-refractivity contribution in [2.24, 2.45) is 9.98 Å². The lowest BCUT2D eigenvalue weighted by molar-refractivity contribution is -0.145. The van der Waals surface area contributed by atoms with Crippen LogP contribution < -0.4 is 10.6 Å². The lowest BCUT2D eigenvalue weighted by Crippen LogP contribution is -2.41. The fraction of sp³-hybridized carbons (Fsp3) is 0.611. The van der Waals surface area contributed by atoms with Crippen molar-refractivity contribution in [3.63, 3.8) is 0 Å². The van der Waals surface area contributed by atoms with E-state index in [0.717, 1.165) is 38.1 Å². The summed E-state index contributed by atoms with van der Waals surface area (Å²) in [6.45, 7) is 0.504. The molecule has 2 saturated carbocycles. The molecule has 5 rings (SSSR count). The van der Waals surface area contributed by atoms with E-state index in [1.165, 1.54) is 6.34 Å². The number of hydrogen-bond acceptors (Lipinski definition) is 7. The van der Waals surface area contributed by atoms with Crippen molar-refractivity contribution in [2.75, 3.05) is 6.54 Å². The third-order valence-electron chi connectivity index (χ3n) is 6.17. The largest absolute Gasteiger partial charge is 0.451 e. The van der Waals surface area contributed by atoms with Crippen LogP contribution in [0.25, 0.3) is 0 Å². The van der Waals surface area contributed by atoms with Gasteiger partial charge in [0.1, 0.15) is 11.9 Å². The molecule has 2 unspecified atom stereocenters. The first-order chi connectivity index (χ1) is 13.3. The van der Waals surface area contributed by atoms with Crippen molar-refractivity contribution in [1.82, 2.24) is 20.6 Å². The van der Waals surface area contributed by atoms with Crippen LogP contribution in [0.4, 0.5) is 13.2 Å². The molecule has 1 saturated heterocycles. The third kappa shape index (κ3) is 2.95. The predicted octanol–water partition coefficient (Wildman–Crippen LogP) is 1.28. The van der Waals surface area contributed by atoms with Crippen LogP contribution in [0.2, 0.25) is 0 Å². The molecule has 2 N–H and O–H groups in total. The van der Waals surface area contributed by atoms with Crippen molar-refractivity contribution in [3.8, 4) is 0 Å². The van der Waals surface area contributed by atoms with Gasteiger partial charge in [-0.15, -0.1) is 0 Å². The maximum atomic E-state index is 12.6. The van der Waals surface area contributed by atoms with Crippen molar-refractivity contribution in [2.45, 2.75) is 61.4 Å². The Morgan fingerprint density at radius 1 is 1.18 bits per heavy atom. The number of rotatable bonds is 4. The number of carbonyl (C=O) groups is 1. The topological polar surface area (TPSA) is 91.6 Å². The minimum Gasteiger partial charge on any atom is -0.303 e. The molecule has 0 radical (unpaired) electrons. The molecule has 10 heteroatoms. The summed E-state index contributed by atoms with van der Waals surface area (Å²) in [6.07, 6.45) is 3.79. The molecule has 0 bridgehead atoms. The standard InChI is InChI=1S/C18H19F3N6O/c19-18(20,21)15-23-6-10(7-24-15)12-5-11(25-9-26-12)8-22-13-14(28)17(13)4-3-16(27-17)1-2-16/h6-7,9,11,13,22,27H,1-5,8H2/t11?,13-,17?/m0/s1. The number of ketones is 1. The molecule has 4 aliphatic rings. The third-order valence-corrected chi connectivity index (χ3v) is 6.17.